The Morgan fingerprint density at radius 3 is 2.94 bits per heavy atom. The Hall–Kier alpha value is -1.22. The molecule has 1 atom stereocenters. The number of anilines is 1. The zero-order chi connectivity index (χ0) is 11.0. The third-order valence-corrected chi connectivity index (χ3v) is 3.40. The van der Waals surface area contributed by atoms with Gasteiger partial charge in [0.25, 0.3) is 0 Å². The minimum Gasteiger partial charge on any atom is -0.497 e. The fraction of sp³-hybridized carbons (Fsp3) is 0.538. The van der Waals surface area contributed by atoms with Gasteiger partial charge in [0.2, 0.25) is 0 Å². The lowest BCUT2D eigenvalue weighted by Gasteiger charge is -2.28. The maximum atomic E-state index is 5.25. The van der Waals surface area contributed by atoms with Crippen LogP contribution < -0.4 is 15.4 Å². The van der Waals surface area contributed by atoms with Crippen LogP contribution in [-0.2, 0) is 0 Å². The molecule has 1 aromatic carbocycles. The Morgan fingerprint density at radius 2 is 2.19 bits per heavy atom. The van der Waals surface area contributed by atoms with E-state index < -0.39 is 0 Å². The van der Waals surface area contributed by atoms with Gasteiger partial charge >= 0.3 is 0 Å². The summed E-state index contributed by atoms with van der Waals surface area (Å²) in [6.07, 6.45) is 3.86. The van der Waals surface area contributed by atoms with Crippen molar-refractivity contribution in [3.8, 4) is 5.75 Å². The fourth-order valence-electron chi connectivity index (χ4n) is 2.33. The zero-order valence-corrected chi connectivity index (χ0v) is 9.62. The maximum absolute atomic E-state index is 5.25. The molecule has 0 radical (unpaired) electrons. The largest absolute Gasteiger partial charge is 0.497 e. The highest BCUT2D eigenvalue weighted by atomic mass is 16.5. The average Bonchev–Trinajstić information content (AvgIpc) is 3.13. The van der Waals surface area contributed by atoms with Crippen LogP contribution in [0.1, 0.15) is 30.9 Å². The summed E-state index contributed by atoms with van der Waals surface area (Å²) in [5.41, 5.74) is 2.61. The summed E-state index contributed by atoms with van der Waals surface area (Å²) in [5.74, 6) is 0.929. The molecule has 1 heterocycles. The van der Waals surface area contributed by atoms with Gasteiger partial charge in [-0.05, 0) is 30.9 Å². The summed E-state index contributed by atoms with van der Waals surface area (Å²) in [5, 5.41) is 7.15. The molecule has 1 saturated carbocycles. The summed E-state index contributed by atoms with van der Waals surface area (Å²) in [6.45, 7) is 1.05. The first-order chi connectivity index (χ1) is 7.86. The van der Waals surface area contributed by atoms with Gasteiger partial charge in [0.05, 0.1) is 7.11 Å². The number of nitrogens with one attached hydrogen (secondary N) is 2. The molecular formula is C13H18N2O. The molecule has 2 N–H and O–H groups in total. The maximum Gasteiger partial charge on any atom is 0.120 e. The van der Waals surface area contributed by atoms with Crippen molar-refractivity contribution in [1.82, 2.24) is 5.32 Å². The predicted octanol–water partition coefficient (Wildman–Crippen LogP) is 2.30. The summed E-state index contributed by atoms with van der Waals surface area (Å²) >= 11 is 0. The van der Waals surface area contributed by atoms with Gasteiger partial charge in [-0.2, -0.15) is 0 Å². The van der Waals surface area contributed by atoms with Gasteiger partial charge in [0.15, 0.2) is 0 Å². The van der Waals surface area contributed by atoms with Crippen molar-refractivity contribution in [2.75, 3.05) is 19.0 Å². The van der Waals surface area contributed by atoms with Crippen molar-refractivity contribution < 1.29 is 4.74 Å². The standard InChI is InChI=1S/C13H18N2O/c1-16-10-4-5-11-12(15-9-2-3-9)6-7-14-13(11)8-10/h4-5,8-9,12,14-15H,2-3,6-7H2,1H3. The number of hydrogen-bond acceptors (Lipinski definition) is 3. The van der Waals surface area contributed by atoms with Crippen LogP contribution in [0.25, 0.3) is 0 Å². The van der Waals surface area contributed by atoms with Gasteiger partial charge in [-0.25, -0.2) is 0 Å². The normalized spacial score (nSPS) is 23.4. The second-order valence-electron chi connectivity index (χ2n) is 4.66. The van der Waals surface area contributed by atoms with Crippen LogP contribution >= 0.6 is 0 Å². The molecule has 0 amide bonds. The van der Waals surface area contributed by atoms with E-state index in [-0.39, 0.29) is 0 Å². The van der Waals surface area contributed by atoms with E-state index in [9.17, 15) is 0 Å². The fourth-order valence-corrected chi connectivity index (χ4v) is 2.33. The van der Waals surface area contributed by atoms with Crippen molar-refractivity contribution in [3.63, 3.8) is 0 Å². The molecule has 3 rings (SSSR count). The number of methoxy groups -OCH3 is 1. The van der Waals surface area contributed by atoms with Gasteiger partial charge in [0, 0.05) is 30.4 Å². The van der Waals surface area contributed by atoms with Crippen LogP contribution in [0.2, 0.25) is 0 Å². The number of ether oxygens (including phenoxy) is 1. The lowest BCUT2D eigenvalue weighted by Crippen LogP contribution is -2.29. The summed E-state index contributed by atoms with van der Waals surface area (Å²) in [4.78, 5) is 0. The molecule has 1 fully saturated rings. The van der Waals surface area contributed by atoms with Gasteiger partial charge in [-0.3, -0.25) is 0 Å². The van der Waals surface area contributed by atoms with Crippen molar-refractivity contribution in [3.05, 3.63) is 23.8 Å². The molecule has 1 unspecified atom stereocenters. The first kappa shape index (κ1) is 9.97. The molecular weight excluding hydrogens is 200 g/mol. The van der Waals surface area contributed by atoms with Crippen LogP contribution in [0.15, 0.2) is 18.2 Å². The molecule has 16 heavy (non-hydrogen) atoms. The van der Waals surface area contributed by atoms with Crippen molar-refractivity contribution in [2.45, 2.75) is 31.3 Å². The molecule has 0 spiro atoms. The molecule has 1 aliphatic heterocycles. The monoisotopic (exact) mass is 218 g/mol. The van der Waals surface area contributed by atoms with E-state index in [1.54, 1.807) is 7.11 Å². The molecule has 3 heteroatoms. The first-order valence-corrected chi connectivity index (χ1v) is 6.04. The van der Waals surface area contributed by atoms with Gasteiger partial charge in [-0.1, -0.05) is 6.07 Å². The Bertz CT molecular complexity index is 388. The van der Waals surface area contributed by atoms with Crippen molar-refractivity contribution >= 4 is 5.69 Å². The van der Waals surface area contributed by atoms with Crippen LogP contribution in [0.3, 0.4) is 0 Å². The minimum absolute atomic E-state index is 0.523. The Balaban J connectivity index is 1.85. The van der Waals surface area contributed by atoms with Crippen LogP contribution in [-0.4, -0.2) is 19.7 Å². The number of hydrogen-bond donors (Lipinski definition) is 2. The molecule has 2 aliphatic rings. The Labute approximate surface area is 96.2 Å². The molecule has 0 aromatic heterocycles. The molecule has 3 nitrogen and oxygen atoms in total. The SMILES string of the molecule is COc1ccc2c(c1)NCCC2NC1CC1. The molecule has 86 valence electrons. The third kappa shape index (κ3) is 1.87. The Morgan fingerprint density at radius 1 is 1.31 bits per heavy atom. The summed E-state index contributed by atoms with van der Waals surface area (Å²) in [7, 11) is 1.71. The molecule has 0 saturated heterocycles. The minimum atomic E-state index is 0.523. The van der Waals surface area contributed by atoms with E-state index >= 15 is 0 Å². The van der Waals surface area contributed by atoms with Gasteiger partial charge < -0.3 is 15.4 Å². The van der Waals surface area contributed by atoms with Crippen molar-refractivity contribution in [1.29, 1.82) is 0 Å². The number of rotatable bonds is 3. The van der Waals surface area contributed by atoms with E-state index in [1.807, 2.05) is 6.07 Å². The van der Waals surface area contributed by atoms with E-state index in [0.29, 0.717) is 6.04 Å². The van der Waals surface area contributed by atoms with Crippen LogP contribution in [0, 0.1) is 0 Å². The highest BCUT2D eigenvalue weighted by molar-refractivity contribution is 5.58. The predicted molar refractivity (Wildman–Crippen MR) is 65.0 cm³/mol. The second-order valence-corrected chi connectivity index (χ2v) is 4.66. The highest BCUT2D eigenvalue weighted by Crippen LogP contribution is 2.35. The molecule has 1 aliphatic carbocycles. The van der Waals surface area contributed by atoms with E-state index in [0.717, 1.165) is 18.3 Å². The van der Waals surface area contributed by atoms with Crippen molar-refractivity contribution in [2.24, 2.45) is 0 Å². The zero-order valence-electron chi connectivity index (χ0n) is 9.62. The average molecular weight is 218 g/mol. The van der Waals surface area contributed by atoms with Crippen LogP contribution in [0.4, 0.5) is 5.69 Å². The Kier molecular flexibility index (Phi) is 2.48. The van der Waals surface area contributed by atoms with Gasteiger partial charge in [-0.15, -0.1) is 0 Å². The molecule has 0 bridgehead atoms. The van der Waals surface area contributed by atoms with E-state index in [1.165, 1.54) is 30.5 Å². The lowest BCUT2D eigenvalue weighted by atomic mass is 9.97. The van der Waals surface area contributed by atoms with Crippen LogP contribution in [0.5, 0.6) is 5.75 Å². The van der Waals surface area contributed by atoms with Gasteiger partial charge in [0.1, 0.15) is 5.75 Å². The summed E-state index contributed by atoms with van der Waals surface area (Å²) < 4.78 is 5.25. The quantitative estimate of drug-likeness (QED) is 0.816. The van der Waals surface area contributed by atoms with E-state index in [2.05, 4.69) is 22.8 Å². The highest BCUT2D eigenvalue weighted by Gasteiger charge is 2.28. The number of benzene rings is 1. The number of fused-ring (bicyclic) bond motifs is 1. The topological polar surface area (TPSA) is 33.3 Å². The first-order valence-electron chi connectivity index (χ1n) is 6.04. The molecule has 1 aromatic rings. The summed E-state index contributed by atoms with van der Waals surface area (Å²) in [6, 6.07) is 7.61. The second kappa shape index (κ2) is 3.98. The van der Waals surface area contributed by atoms with E-state index in [4.69, 9.17) is 4.74 Å². The lowest BCUT2D eigenvalue weighted by molar-refractivity contribution is 0.414. The smallest absolute Gasteiger partial charge is 0.120 e. The third-order valence-electron chi connectivity index (χ3n) is 3.40.